The van der Waals surface area contributed by atoms with Crippen molar-refractivity contribution in [2.75, 3.05) is 0 Å². The molecule has 1 aromatic rings. The number of aromatic nitrogens is 2. The lowest BCUT2D eigenvalue weighted by Gasteiger charge is -1.88. The third-order valence-corrected chi connectivity index (χ3v) is 1.48. The van der Waals surface area contributed by atoms with Crippen molar-refractivity contribution in [3.63, 3.8) is 0 Å². The molecule has 0 amide bonds. The van der Waals surface area contributed by atoms with Gasteiger partial charge in [-0.1, -0.05) is 41.2 Å². The van der Waals surface area contributed by atoms with Crippen LogP contribution < -0.4 is 0 Å². The van der Waals surface area contributed by atoms with Gasteiger partial charge in [-0.05, 0) is 19.4 Å². The molecule has 0 aliphatic heterocycles. The van der Waals surface area contributed by atoms with E-state index in [-0.39, 0.29) is 0 Å². The highest BCUT2D eigenvalue weighted by Crippen LogP contribution is 2.06. The number of imidazole rings is 1. The molecule has 82 valence electrons. The van der Waals surface area contributed by atoms with E-state index in [2.05, 4.69) is 23.5 Å². The minimum absolute atomic E-state index is 0.965. The number of hydrogen-bond donors (Lipinski definition) is 1. The van der Waals surface area contributed by atoms with Crippen molar-refractivity contribution >= 4 is 6.08 Å². The smallest absolute Gasteiger partial charge is 0.103 e. The molecule has 0 aliphatic rings. The zero-order valence-corrected chi connectivity index (χ0v) is 10.4. The van der Waals surface area contributed by atoms with E-state index in [1.165, 1.54) is 5.69 Å². The van der Waals surface area contributed by atoms with Crippen LogP contribution in [0.15, 0.2) is 6.58 Å². The molecule has 1 heterocycles. The summed E-state index contributed by atoms with van der Waals surface area (Å²) in [4.78, 5) is 7.39. The van der Waals surface area contributed by atoms with Crippen LogP contribution in [0.3, 0.4) is 0 Å². The highest BCUT2D eigenvalue weighted by molar-refractivity contribution is 5.45. The topological polar surface area (TPSA) is 28.7 Å². The summed E-state index contributed by atoms with van der Waals surface area (Å²) in [6.45, 7) is 15.7. The molecular formula is C12H24N2. The van der Waals surface area contributed by atoms with Crippen LogP contribution in [-0.4, -0.2) is 9.97 Å². The lowest BCUT2D eigenvalue weighted by atomic mass is 10.3. The van der Waals surface area contributed by atoms with Gasteiger partial charge in [0.25, 0.3) is 0 Å². The van der Waals surface area contributed by atoms with Crippen molar-refractivity contribution in [2.45, 2.75) is 48.0 Å². The molecule has 1 N–H and O–H groups in total. The van der Waals surface area contributed by atoms with Crippen LogP contribution in [0.2, 0.25) is 0 Å². The number of H-pyrrole nitrogens is 1. The highest BCUT2D eigenvalue weighted by Gasteiger charge is 2.00. The molecule has 0 atom stereocenters. The molecular weight excluding hydrogens is 172 g/mol. The summed E-state index contributed by atoms with van der Waals surface area (Å²) in [6.07, 6.45) is 2.77. The Morgan fingerprint density at radius 2 is 1.79 bits per heavy atom. The average molecular weight is 196 g/mol. The van der Waals surface area contributed by atoms with Crippen LogP contribution in [0.25, 0.3) is 6.08 Å². The van der Waals surface area contributed by atoms with E-state index in [4.69, 9.17) is 0 Å². The van der Waals surface area contributed by atoms with Crippen molar-refractivity contribution in [2.24, 2.45) is 0 Å². The molecule has 0 aromatic carbocycles. The minimum atomic E-state index is 0.965. The zero-order valence-electron chi connectivity index (χ0n) is 10.4. The monoisotopic (exact) mass is 196 g/mol. The fourth-order valence-corrected chi connectivity index (χ4v) is 0.997. The molecule has 0 spiro atoms. The Kier molecular flexibility index (Phi) is 11.1. The van der Waals surface area contributed by atoms with Crippen molar-refractivity contribution in [3.05, 3.63) is 23.8 Å². The number of aryl methyl sites for hydroxylation is 2. The Morgan fingerprint density at radius 3 is 2.07 bits per heavy atom. The first-order valence-corrected chi connectivity index (χ1v) is 5.45. The van der Waals surface area contributed by atoms with E-state index in [9.17, 15) is 0 Å². The van der Waals surface area contributed by atoms with Gasteiger partial charge in [0, 0.05) is 5.69 Å². The van der Waals surface area contributed by atoms with Gasteiger partial charge in [0.2, 0.25) is 0 Å². The largest absolute Gasteiger partial charge is 0.346 e. The van der Waals surface area contributed by atoms with E-state index >= 15 is 0 Å². The second-order valence-corrected chi connectivity index (χ2v) is 2.24. The van der Waals surface area contributed by atoms with Crippen LogP contribution >= 0.6 is 0 Å². The standard InChI is InChI=1S/C8H12N2.2C2H6/c1-4-7-8(5-2)10-6(3)9-7;2*1-2/h4H,1,5H2,2-3H3,(H,9,10);2*1-2H3. The summed E-state index contributed by atoms with van der Waals surface area (Å²) in [6, 6.07) is 0. The SMILES string of the molecule is C=Cc1nc(C)[nH]c1CC.CC.CC. The lowest BCUT2D eigenvalue weighted by molar-refractivity contribution is 1.04. The third kappa shape index (κ3) is 4.85. The van der Waals surface area contributed by atoms with Gasteiger partial charge >= 0.3 is 0 Å². The number of hydrogen-bond acceptors (Lipinski definition) is 1. The predicted molar refractivity (Wildman–Crippen MR) is 65.5 cm³/mol. The van der Waals surface area contributed by atoms with Crippen molar-refractivity contribution in [1.82, 2.24) is 9.97 Å². The molecule has 0 saturated heterocycles. The predicted octanol–water partition coefficient (Wildman–Crippen LogP) is 3.98. The Bertz CT molecular complexity index is 236. The normalized spacial score (nSPS) is 7.86. The van der Waals surface area contributed by atoms with Crippen LogP contribution in [0.5, 0.6) is 0 Å². The number of aromatic amines is 1. The van der Waals surface area contributed by atoms with E-state index in [0.717, 1.165) is 17.9 Å². The quantitative estimate of drug-likeness (QED) is 0.761. The minimum Gasteiger partial charge on any atom is -0.346 e. The van der Waals surface area contributed by atoms with Crippen LogP contribution in [0.4, 0.5) is 0 Å². The van der Waals surface area contributed by atoms with Gasteiger partial charge in [-0.3, -0.25) is 0 Å². The van der Waals surface area contributed by atoms with Crippen molar-refractivity contribution in [3.8, 4) is 0 Å². The average Bonchev–Trinajstić information content (AvgIpc) is 2.64. The van der Waals surface area contributed by atoms with E-state index in [0.29, 0.717) is 0 Å². The Hall–Kier alpha value is -1.05. The van der Waals surface area contributed by atoms with E-state index < -0.39 is 0 Å². The van der Waals surface area contributed by atoms with Gasteiger partial charge in [-0.2, -0.15) is 0 Å². The van der Waals surface area contributed by atoms with Gasteiger partial charge in [0.1, 0.15) is 5.82 Å². The maximum Gasteiger partial charge on any atom is 0.103 e. The summed E-state index contributed by atoms with van der Waals surface area (Å²) in [5.74, 6) is 0.965. The fourth-order valence-electron chi connectivity index (χ4n) is 0.997. The third-order valence-electron chi connectivity index (χ3n) is 1.48. The van der Waals surface area contributed by atoms with Crippen LogP contribution in [0.1, 0.15) is 51.8 Å². The maximum atomic E-state index is 4.23. The molecule has 0 radical (unpaired) electrons. The first-order chi connectivity index (χ1) is 6.77. The van der Waals surface area contributed by atoms with Crippen LogP contribution in [-0.2, 0) is 6.42 Å². The molecule has 1 rings (SSSR count). The lowest BCUT2D eigenvalue weighted by Crippen LogP contribution is -1.82. The molecule has 14 heavy (non-hydrogen) atoms. The fraction of sp³-hybridized carbons (Fsp3) is 0.583. The highest BCUT2D eigenvalue weighted by atomic mass is 14.9. The van der Waals surface area contributed by atoms with E-state index in [1.807, 2.05) is 34.6 Å². The Morgan fingerprint density at radius 1 is 1.29 bits per heavy atom. The molecule has 0 unspecified atom stereocenters. The first kappa shape index (κ1) is 15.4. The molecule has 0 saturated carbocycles. The number of nitrogens with zero attached hydrogens (tertiary/aromatic N) is 1. The molecule has 0 bridgehead atoms. The van der Waals surface area contributed by atoms with Gasteiger partial charge in [0.05, 0.1) is 5.69 Å². The van der Waals surface area contributed by atoms with Crippen LogP contribution in [0, 0.1) is 6.92 Å². The summed E-state index contributed by atoms with van der Waals surface area (Å²) >= 11 is 0. The summed E-state index contributed by atoms with van der Waals surface area (Å²) in [7, 11) is 0. The number of rotatable bonds is 2. The van der Waals surface area contributed by atoms with Crippen molar-refractivity contribution in [1.29, 1.82) is 0 Å². The Balaban J connectivity index is 0. The second-order valence-electron chi connectivity index (χ2n) is 2.24. The molecule has 2 nitrogen and oxygen atoms in total. The molecule has 1 aromatic heterocycles. The molecule has 2 heteroatoms. The van der Waals surface area contributed by atoms with Gasteiger partial charge < -0.3 is 4.98 Å². The summed E-state index contributed by atoms with van der Waals surface area (Å²) < 4.78 is 0. The van der Waals surface area contributed by atoms with Gasteiger partial charge in [-0.25, -0.2) is 4.98 Å². The van der Waals surface area contributed by atoms with Gasteiger partial charge in [-0.15, -0.1) is 0 Å². The number of nitrogens with one attached hydrogen (secondary N) is 1. The summed E-state index contributed by atoms with van der Waals surface area (Å²) in [5, 5.41) is 0. The van der Waals surface area contributed by atoms with Crippen molar-refractivity contribution < 1.29 is 0 Å². The van der Waals surface area contributed by atoms with E-state index in [1.54, 1.807) is 6.08 Å². The molecule has 0 fully saturated rings. The second kappa shape index (κ2) is 10.0. The summed E-state index contributed by atoms with van der Waals surface area (Å²) in [5.41, 5.74) is 2.16. The Labute approximate surface area is 88.5 Å². The zero-order chi connectivity index (χ0) is 11.6. The first-order valence-electron chi connectivity index (χ1n) is 5.45. The van der Waals surface area contributed by atoms with Gasteiger partial charge in [0.15, 0.2) is 0 Å². The molecule has 0 aliphatic carbocycles. The maximum absolute atomic E-state index is 4.23.